The summed E-state index contributed by atoms with van der Waals surface area (Å²) in [5, 5.41) is 3.95. The van der Waals surface area contributed by atoms with E-state index in [4.69, 9.17) is 17.0 Å². The Bertz CT molecular complexity index is 714. The zero-order chi connectivity index (χ0) is 16.5. The van der Waals surface area contributed by atoms with Crippen molar-refractivity contribution < 1.29 is 9.53 Å². The number of fused-ring (bicyclic) bond motifs is 3. The molecule has 3 saturated heterocycles. The minimum atomic E-state index is 0.0166. The standard InChI is InChI=1S/C18H20N2O2S2/c21-18(19-15-11-20-9-7-12(15)8-10-20)16-5-6-17(24-16)22-13-1-3-14(23)4-2-13/h1-3,5-6,12,15H,4,7-11H2,(H,19,21)/t15-/m0/s1. The second-order valence-electron chi connectivity index (χ2n) is 6.55. The van der Waals surface area contributed by atoms with E-state index < -0.39 is 0 Å². The smallest absolute Gasteiger partial charge is 0.261 e. The van der Waals surface area contributed by atoms with Crippen LogP contribution >= 0.6 is 23.6 Å². The van der Waals surface area contributed by atoms with Crippen molar-refractivity contribution in [3.05, 3.63) is 41.0 Å². The molecule has 0 radical (unpaired) electrons. The Kier molecular flexibility index (Phi) is 4.52. The molecule has 4 heterocycles. The van der Waals surface area contributed by atoms with Gasteiger partial charge in [-0.1, -0.05) is 23.6 Å². The second kappa shape index (κ2) is 6.78. The number of hydrogen-bond donors (Lipinski definition) is 1. The number of carbonyl (C=O) groups excluding carboxylic acids is 1. The largest absolute Gasteiger partial charge is 0.447 e. The lowest BCUT2D eigenvalue weighted by Crippen LogP contribution is -2.57. The molecule has 1 aromatic heterocycles. The van der Waals surface area contributed by atoms with Crippen LogP contribution in [0.25, 0.3) is 0 Å². The van der Waals surface area contributed by atoms with Crippen molar-refractivity contribution in [2.24, 2.45) is 5.92 Å². The zero-order valence-electron chi connectivity index (χ0n) is 13.4. The summed E-state index contributed by atoms with van der Waals surface area (Å²) in [5.74, 6) is 1.44. The van der Waals surface area contributed by atoms with E-state index in [1.807, 2.05) is 30.4 Å². The number of thiophene rings is 1. The number of piperidine rings is 3. The summed E-state index contributed by atoms with van der Waals surface area (Å²) in [6.07, 6.45) is 8.87. The van der Waals surface area contributed by atoms with Gasteiger partial charge in [0, 0.05) is 23.9 Å². The number of allylic oxidation sites excluding steroid dienone is 3. The number of ether oxygens (including phenoxy) is 1. The Morgan fingerprint density at radius 3 is 2.79 bits per heavy atom. The summed E-state index contributed by atoms with van der Waals surface area (Å²) in [6.45, 7) is 3.35. The first-order chi connectivity index (χ1) is 11.7. The van der Waals surface area contributed by atoms with Gasteiger partial charge < -0.3 is 15.0 Å². The maximum atomic E-state index is 12.5. The lowest BCUT2D eigenvalue weighted by Gasteiger charge is -2.44. The molecule has 2 bridgehead atoms. The van der Waals surface area contributed by atoms with Crippen LogP contribution in [-0.4, -0.2) is 41.3 Å². The van der Waals surface area contributed by atoms with Crippen molar-refractivity contribution in [1.82, 2.24) is 10.2 Å². The molecule has 24 heavy (non-hydrogen) atoms. The fourth-order valence-corrected chi connectivity index (χ4v) is 4.50. The minimum Gasteiger partial charge on any atom is -0.447 e. The third kappa shape index (κ3) is 3.45. The van der Waals surface area contributed by atoms with Gasteiger partial charge in [0.05, 0.1) is 4.88 Å². The molecule has 0 unspecified atom stereocenters. The second-order valence-corrected chi connectivity index (χ2v) is 8.12. The molecule has 4 nitrogen and oxygen atoms in total. The van der Waals surface area contributed by atoms with Gasteiger partial charge in [-0.3, -0.25) is 4.79 Å². The van der Waals surface area contributed by atoms with Gasteiger partial charge >= 0.3 is 0 Å². The van der Waals surface area contributed by atoms with Gasteiger partial charge in [-0.15, -0.1) is 0 Å². The van der Waals surface area contributed by atoms with Gasteiger partial charge in [-0.25, -0.2) is 0 Å². The molecule has 0 spiro atoms. The van der Waals surface area contributed by atoms with Crippen LogP contribution in [-0.2, 0) is 0 Å². The molecular formula is C18H20N2O2S2. The fourth-order valence-electron chi connectivity index (χ4n) is 3.57. The topological polar surface area (TPSA) is 41.6 Å². The minimum absolute atomic E-state index is 0.0166. The molecule has 5 rings (SSSR count). The van der Waals surface area contributed by atoms with Crippen LogP contribution in [0.2, 0.25) is 0 Å². The van der Waals surface area contributed by atoms with Gasteiger partial charge in [0.1, 0.15) is 5.76 Å². The number of thiocarbonyl (C=S) groups is 1. The first-order valence-electron chi connectivity index (χ1n) is 8.39. The quantitative estimate of drug-likeness (QED) is 0.838. The maximum absolute atomic E-state index is 12.5. The predicted octanol–water partition coefficient (Wildman–Crippen LogP) is 3.16. The molecule has 1 amide bonds. The SMILES string of the molecule is O=C(N[C@H]1CN2CCC1CC2)c1ccc(OC2=CCC(=S)C=C2)s1. The fraction of sp³-hybridized carbons (Fsp3) is 0.444. The first kappa shape index (κ1) is 16.0. The molecule has 1 N–H and O–H groups in total. The molecule has 3 fully saturated rings. The normalized spacial score (nSPS) is 28.6. The number of amides is 1. The molecule has 1 aromatic rings. The molecule has 1 aliphatic carbocycles. The van der Waals surface area contributed by atoms with Crippen LogP contribution in [0, 0.1) is 5.92 Å². The van der Waals surface area contributed by atoms with E-state index in [-0.39, 0.29) is 11.9 Å². The average molecular weight is 361 g/mol. The zero-order valence-corrected chi connectivity index (χ0v) is 15.0. The van der Waals surface area contributed by atoms with Crippen LogP contribution in [0.5, 0.6) is 5.06 Å². The summed E-state index contributed by atoms with van der Waals surface area (Å²) in [6, 6.07) is 3.99. The van der Waals surface area contributed by atoms with E-state index in [0.717, 1.165) is 28.7 Å². The lowest BCUT2D eigenvalue weighted by atomic mass is 9.84. The molecule has 1 atom stereocenters. The molecule has 4 aliphatic rings. The Morgan fingerprint density at radius 1 is 1.29 bits per heavy atom. The molecule has 126 valence electrons. The first-order valence-corrected chi connectivity index (χ1v) is 9.62. The highest BCUT2D eigenvalue weighted by atomic mass is 32.1. The van der Waals surface area contributed by atoms with E-state index in [9.17, 15) is 4.79 Å². The van der Waals surface area contributed by atoms with Crippen LogP contribution in [0.4, 0.5) is 0 Å². The van der Waals surface area contributed by atoms with E-state index in [1.165, 1.54) is 37.3 Å². The van der Waals surface area contributed by atoms with Gasteiger partial charge in [0.15, 0.2) is 5.06 Å². The predicted molar refractivity (Wildman–Crippen MR) is 99.8 cm³/mol. The monoisotopic (exact) mass is 360 g/mol. The molecule has 0 aromatic carbocycles. The van der Waals surface area contributed by atoms with Gasteiger partial charge in [0.2, 0.25) is 0 Å². The Hall–Kier alpha value is -1.50. The van der Waals surface area contributed by atoms with Crippen molar-refractivity contribution in [2.75, 3.05) is 19.6 Å². The summed E-state index contributed by atoms with van der Waals surface area (Å²) in [7, 11) is 0. The molecular weight excluding hydrogens is 340 g/mol. The number of nitrogens with one attached hydrogen (secondary N) is 1. The third-order valence-electron chi connectivity index (χ3n) is 4.93. The van der Waals surface area contributed by atoms with Crippen molar-refractivity contribution in [3.8, 4) is 5.06 Å². The van der Waals surface area contributed by atoms with Crippen molar-refractivity contribution in [3.63, 3.8) is 0 Å². The van der Waals surface area contributed by atoms with E-state index in [2.05, 4.69) is 10.2 Å². The average Bonchev–Trinajstić information content (AvgIpc) is 3.07. The van der Waals surface area contributed by atoms with Crippen molar-refractivity contribution in [1.29, 1.82) is 0 Å². The third-order valence-corrected chi connectivity index (χ3v) is 6.20. The highest BCUT2D eigenvalue weighted by molar-refractivity contribution is 7.80. The molecule has 0 saturated carbocycles. The van der Waals surface area contributed by atoms with Crippen molar-refractivity contribution >= 4 is 34.3 Å². The van der Waals surface area contributed by atoms with Gasteiger partial charge in [-0.2, -0.15) is 0 Å². The van der Waals surface area contributed by atoms with Gasteiger partial charge in [-0.05, 0) is 62.2 Å². The van der Waals surface area contributed by atoms with Crippen LogP contribution in [0.1, 0.15) is 28.9 Å². The number of nitrogens with zero attached hydrogens (tertiary/aromatic N) is 1. The number of rotatable bonds is 4. The summed E-state index contributed by atoms with van der Waals surface area (Å²) in [5.41, 5.74) is 0. The Labute approximate surface area is 151 Å². The summed E-state index contributed by atoms with van der Waals surface area (Å²) >= 11 is 6.51. The molecule has 3 aliphatic heterocycles. The summed E-state index contributed by atoms with van der Waals surface area (Å²) in [4.78, 5) is 16.6. The number of hydrogen-bond acceptors (Lipinski definition) is 5. The van der Waals surface area contributed by atoms with Gasteiger partial charge in [0.25, 0.3) is 5.91 Å². The highest BCUT2D eigenvalue weighted by Crippen LogP contribution is 2.30. The Morgan fingerprint density at radius 2 is 2.12 bits per heavy atom. The van der Waals surface area contributed by atoms with Crippen LogP contribution in [0.15, 0.2) is 36.1 Å². The number of carbonyl (C=O) groups is 1. The van der Waals surface area contributed by atoms with Crippen LogP contribution < -0.4 is 10.1 Å². The van der Waals surface area contributed by atoms with Crippen molar-refractivity contribution in [2.45, 2.75) is 25.3 Å². The highest BCUT2D eigenvalue weighted by Gasteiger charge is 2.35. The van der Waals surface area contributed by atoms with Crippen LogP contribution in [0.3, 0.4) is 0 Å². The van der Waals surface area contributed by atoms with E-state index in [0.29, 0.717) is 10.8 Å². The van der Waals surface area contributed by atoms with E-state index in [1.54, 1.807) is 0 Å². The maximum Gasteiger partial charge on any atom is 0.261 e. The Balaban J connectivity index is 1.37. The van der Waals surface area contributed by atoms with E-state index >= 15 is 0 Å². The lowest BCUT2D eigenvalue weighted by molar-refractivity contribution is 0.0622. The summed E-state index contributed by atoms with van der Waals surface area (Å²) < 4.78 is 5.82. The molecule has 6 heteroatoms.